The SMILES string of the molecule is COc1c(Cc2ccccc2)cc(NC(=O)CC(C)=N)cc1-c1ccccc1. The van der Waals surface area contributed by atoms with E-state index in [0.29, 0.717) is 17.8 Å². The molecule has 0 fully saturated rings. The summed E-state index contributed by atoms with van der Waals surface area (Å²) in [5, 5.41) is 10.5. The predicted molar refractivity (Wildman–Crippen MR) is 114 cm³/mol. The number of carbonyl (C=O) groups is 1. The number of anilines is 1. The molecule has 0 saturated heterocycles. The number of rotatable bonds is 7. The molecule has 0 aliphatic heterocycles. The molecule has 0 bridgehead atoms. The average Bonchev–Trinajstić information content (AvgIpc) is 2.68. The molecule has 2 N–H and O–H groups in total. The Bertz CT molecular complexity index is 967. The van der Waals surface area contributed by atoms with Crippen LogP contribution in [0, 0.1) is 5.41 Å². The molecule has 1 amide bonds. The van der Waals surface area contributed by atoms with E-state index in [1.807, 2.05) is 60.7 Å². The lowest BCUT2D eigenvalue weighted by atomic mass is 9.96. The van der Waals surface area contributed by atoms with E-state index in [4.69, 9.17) is 10.1 Å². The van der Waals surface area contributed by atoms with Gasteiger partial charge in [0.1, 0.15) is 5.75 Å². The number of amides is 1. The van der Waals surface area contributed by atoms with Gasteiger partial charge in [-0.1, -0.05) is 60.7 Å². The summed E-state index contributed by atoms with van der Waals surface area (Å²) >= 11 is 0. The molecule has 0 aliphatic rings. The molecule has 0 saturated carbocycles. The first-order chi connectivity index (χ1) is 13.6. The number of methoxy groups -OCH3 is 1. The topological polar surface area (TPSA) is 62.2 Å². The van der Waals surface area contributed by atoms with Crippen LogP contribution in [0.1, 0.15) is 24.5 Å². The van der Waals surface area contributed by atoms with Gasteiger partial charge in [-0.3, -0.25) is 4.79 Å². The highest BCUT2D eigenvalue weighted by Gasteiger charge is 2.15. The number of benzene rings is 3. The summed E-state index contributed by atoms with van der Waals surface area (Å²) in [7, 11) is 1.67. The van der Waals surface area contributed by atoms with Crippen molar-refractivity contribution in [2.45, 2.75) is 19.8 Å². The van der Waals surface area contributed by atoms with Gasteiger partial charge in [0.15, 0.2) is 0 Å². The Morgan fingerprint density at radius 3 is 2.25 bits per heavy atom. The molecule has 3 aromatic carbocycles. The van der Waals surface area contributed by atoms with E-state index in [1.165, 1.54) is 5.56 Å². The van der Waals surface area contributed by atoms with Crippen LogP contribution in [-0.4, -0.2) is 18.7 Å². The highest BCUT2D eigenvalue weighted by Crippen LogP contribution is 2.37. The molecule has 0 aliphatic carbocycles. The van der Waals surface area contributed by atoms with E-state index < -0.39 is 0 Å². The Labute approximate surface area is 165 Å². The summed E-state index contributed by atoms with van der Waals surface area (Å²) in [6.45, 7) is 1.63. The van der Waals surface area contributed by atoms with Gasteiger partial charge in [0.25, 0.3) is 0 Å². The molecule has 0 radical (unpaired) electrons. The third-order valence-electron chi connectivity index (χ3n) is 4.40. The van der Waals surface area contributed by atoms with Crippen molar-refractivity contribution in [1.82, 2.24) is 0 Å². The molecule has 4 heteroatoms. The molecule has 3 rings (SSSR count). The molecular formula is C24H24N2O2. The molecule has 0 aromatic heterocycles. The molecular weight excluding hydrogens is 348 g/mol. The van der Waals surface area contributed by atoms with Crippen LogP contribution in [0.2, 0.25) is 0 Å². The Morgan fingerprint density at radius 2 is 1.64 bits per heavy atom. The molecule has 0 unspecified atom stereocenters. The van der Waals surface area contributed by atoms with Crippen LogP contribution in [0.5, 0.6) is 5.75 Å². The first kappa shape index (κ1) is 19.4. The van der Waals surface area contributed by atoms with Crippen LogP contribution in [0.15, 0.2) is 72.8 Å². The minimum absolute atomic E-state index is 0.0840. The average molecular weight is 372 g/mol. The quantitative estimate of drug-likeness (QED) is 0.551. The van der Waals surface area contributed by atoms with Crippen LogP contribution < -0.4 is 10.1 Å². The van der Waals surface area contributed by atoms with Gasteiger partial charge < -0.3 is 15.5 Å². The minimum atomic E-state index is -0.192. The van der Waals surface area contributed by atoms with Crippen molar-refractivity contribution in [3.63, 3.8) is 0 Å². The van der Waals surface area contributed by atoms with E-state index in [0.717, 1.165) is 22.4 Å². The van der Waals surface area contributed by atoms with Crippen molar-refractivity contribution in [2.24, 2.45) is 0 Å². The van der Waals surface area contributed by atoms with Crippen LogP contribution in [0.25, 0.3) is 11.1 Å². The largest absolute Gasteiger partial charge is 0.496 e. The summed E-state index contributed by atoms with van der Waals surface area (Å²) in [5.41, 5.74) is 5.15. The number of nitrogens with one attached hydrogen (secondary N) is 2. The Balaban J connectivity index is 2.06. The lowest BCUT2D eigenvalue weighted by molar-refractivity contribution is -0.115. The van der Waals surface area contributed by atoms with Crippen molar-refractivity contribution < 1.29 is 9.53 Å². The normalized spacial score (nSPS) is 10.4. The van der Waals surface area contributed by atoms with Gasteiger partial charge in [-0.2, -0.15) is 0 Å². The van der Waals surface area contributed by atoms with Gasteiger partial charge in [-0.25, -0.2) is 0 Å². The van der Waals surface area contributed by atoms with Gasteiger partial charge >= 0.3 is 0 Å². The van der Waals surface area contributed by atoms with Crippen LogP contribution in [0.3, 0.4) is 0 Å². The maximum absolute atomic E-state index is 12.2. The second kappa shape index (κ2) is 9.00. The first-order valence-electron chi connectivity index (χ1n) is 9.21. The maximum Gasteiger partial charge on any atom is 0.230 e. The highest BCUT2D eigenvalue weighted by molar-refractivity contribution is 6.04. The molecule has 0 heterocycles. The fourth-order valence-electron chi connectivity index (χ4n) is 3.23. The maximum atomic E-state index is 12.2. The highest BCUT2D eigenvalue weighted by atomic mass is 16.5. The monoisotopic (exact) mass is 372 g/mol. The van der Waals surface area contributed by atoms with Crippen molar-refractivity contribution >= 4 is 17.3 Å². The third kappa shape index (κ3) is 4.86. The van der Waals surface area contributed by atoms with E-state index in [9.17, 15) is 4.79 Å². The van der Waals surface area contributed by atoms with E-state index in [2.05, 4.69) is 17.4 Å². The zero-order valence-corrected chi connectivity index (χ0v) is 16.2. The zero-order chi connectivity index (χ0) is 19.9. The van der Waals surface area contributed by atoms with Crippen molar-refractivity contribution in [3.05, 3.63) is 83.9 Å². The van der Waals surface area contributed by atoms with Crippen molar-refractivity contribution in [1.29, 1.82) is 5.41 Å². The number of carbonyl (C=O) groups excluding carboxylic acids is 1. The molecule has 142 valence electrons. The second-order valence-corrected chi connectivity index (χ2v) is 6.75. The lowest BCUT2D eigenvalue weighted by Gasteiger charge is -2.17. The summed E-state index contributed by atoms with van der Waals surface area (Å²) in [6.07, 6.45) is 0.776. The number of hydrogen-bond donors (Lipinski definition) is 2. The van der Waals surface area contributed by atoms with Crippen molar-refractivity contribution in [2.75, 3.05) is 12.4 Å². The predicted octanol–water partition coefficient (Wildman–Crippen LogP) is 5.32. The second-order valence-electron chi connectivity index (χ2n) is 6.75. The third-order valence-corrected chi connectivity index (χ3v) is 4.40. The van der Waals surface area contributed by atoms with E-state index in [1.54, 1.807) is 14.0 Å². The zero-order valence-electron chi connectivity index (χ0n) is 16.2. The summed E-state index contributed by atoms with van der Waals surface area (Å²) in [5.74, 6) is 0.610. The van der Waals surface area contributed by atoms with Gasteiger partial charge in [0.05, 0.1) is 13.5 Å². The standard InChI is InChI=1S/C24H24N2O2/c1-17(25)13-23(27)26-21-15-20(14-18-9-5-3-6-10-18)24(28-2)22(16-21)19-11-7-4-8-12-19/h3-12,15-16,25H,13-14H2,1-2H3,(H,26,27). The Hall–Kier alpha value is -3.40. The van der Waals surface area contributed by atoms with Gasteiger partial charge in [0.2, 0.25) is 5.91 Å². The summed E-state index contributed by atoms with van der Waals surface area (Å²) in [4.78, 5) is 12.2. The first-order valence-corrected chi connectivity index (χ1v) is 9.21. The van der Waals surface area contributed by atoms with E-state index >= 15 is 0 Å². The fourth-order valence-corrected chi connectivity index (χ4v) is 3.23. The van der Waals surface area contributed by atoms with Crippen LogP contribution in [0.4, 0.5) is 5.69 Å². The van der Waals surface area contributed by atoms with Gasteiger partial charge in [-0.05, 0) is 30.2 Å². The number of ether oxygens (including phenoxy) is 1. The molecule has 3 aromatic rings. The fraction of sp³-hybridized carbons (Fsp3) is 0.167. The van der Waals surface area contributed by atoms with Gasteiger partial charge in [-0.15, -0.1) is 0 Å². The summed E-state index contributed by atoms with van der Waals surface area (Å²) in [6, 6.07) is 24.0. The Kier molecular flexibility index (Phi) is 6.22. The lowest BCUT2D eigenvalue weighted by Crippen LogP contribution is -2.15. The molecule has 28 heavy (non-hydrogen) atoms. The number of hydrogen-bond acceptors (Lipinski definition) is 3. The smallest absolute Gasteiger partial charge is 0.230 e. The van der Waals surface area contributed by atoms with Crippen LogP contribution >= 0.6 is 0 Å². The van der Waals surface area contributed by atoms with Crippen molar-refractivity contribution in [3.8, 4) is 16.9 Å². The summed E-state index contributed by atoms with van der Waals surface area (Å²) < 4.78 is 5.78. The van der Waals surface area contributed by atoms with E-state index in [-0.39, 0.29) is 12.3 Å². The Morgan fingerprint density at radius 1 is 1.00 bits per heavy atom. The van der Waals surface area contributed by atoms with Gasteiger partial charge in [0, 0.05) is 28.9 Å². The molecule has 0 spiro atoms. The molecule has 0 atom stereocenters. The molecule has 4 nitrogen and oxygen atoms in total. The van der Waals surface area contributed by atoms with Crippen LogP contribution in [-0.2, 0) is 11.2 Å². The minimum Gasteiger partial charge on any atom is -0.496 e.